The van der Waals surface area contributed by atoms with Crippen LogP contribution in [0.3, 0.4) is 0 Å². The van der Waals surface area contributed by atoms with Gasteiger partial charge < -0.3 is 17.1 Å². The average molecular weight is 370 g/mol. The summed E-state index contributed by atoms with van der Waals surface area (Å²) >= 11 is 3.93. The Balaban J connectivity index is 0.00000400. The van der Waals surface area contributed by atoms with Crippen LogP contribution in [-0.2, 0) is 16.3 Å². The molecule has 0 atom stereocenters. The van der Waals surface area contributed by atoms with E-state index in [1.807, 2.05) is 0 Å². The molecule has 0 saturated carbocycles. The van der Waals surface area contributed by atoms with Crippen molar-refractivity contribution in [1.82, 2.24) is 0 Å². The van der Waals surface area contributed by atoms with Crippen molar-refractivity contribution >= 4 is 35.6 Å². The van der Waals surface area contributed by atoms with Crippen molar-refractivity contribution in [2.45, 2.75) is 26.5 Å². The molecule has 0 heterocycles. The third-order valence-corrected chi connectivity index (χ3v) is 3.74. The van der Waals surface area contributed by atoms with Gasteiger partial charge in [0.2, 0.25) is 0 Å². The zero-order chi connectivity index (χ0) is 15.9. The van der Waals surface area contributed by atoms with E-state index in [4.69, 9.17) is 0 Å². The fourth-order valence-electron chi connectivity index (χ4n) is 2.22. The maximum absolute atomic E-state index is 13.1. The molecule has 114 valence electrons. The van der Waals surface area contributed by atoms with E-state index in [1.54, 1.807) is 0 Å². The summed E-state index contributed by atoms with van der Waals surface area (Å²) in [5.74, 6) is -0.684. The van der Waals surface area contributed by atoms with E-state index in [-0.39, 0.29) is 73.8 Å². The Kier molecular flexibility index (Phi) is 7.81. The summed E-state index contributed by atoms with van der Waals surface area (Å²) in [7, 11) is -5.41. The molecule has 0 saturated heterocycles. The summed E-state index contributed by atoms with van der Waals surface area (Å²) in [5, 5.41) is 0. The average Bonchev–Trinajstić information content (AvgIpc) is 2.21. The van der Waals surface area contributed by atoms with Crippen LogP contribution < -0.4 is 61.0 Å². The van der Waals surface area contributed by atoms with Crippen molar-refractivity contribution in [3.63, 3.8) is 0 Å². The van der Waals surface area contributed by atoms with Crippen LogP contribution in [0.5, 0.6) is 5.75 Å². The van der Waals surface area contributed by atoms with E-state index < -0.39 is 34.3 Å². The van der Waals surface area contributed by atoms with Gasteiger partial charge in [0.05, 0.1) is 0 Å². The van der Waals surface area contributed by atoms with Crippen LogP contribution in [0.25, 0.3) is 0 Å². The second-order valence-electron chi connectivity index (χ2n) is 4.31. The summed E-state index contributed by atoms with van der Waals surface area (Å²) in [6, 6.07) is 0. The molecule has 0 N–H and O–H groups in total. The summed E-state index contributed by atoms with van der Waals surface area (Å²) in [5.41, 5.74) is -1.17. The molecule has 0 fully saturated rings. The van der Waals surface area contributed by atoms with Crippen LogP contribution >= 0.6 is 12.6 Å². The molecule has 0 aliphatic rings. The molecule has 3 nitrogen and oxygen atoms in total. The van der Waals surface area contributed by atoms with Crippen LogP contribution in [-0.4, -0.2) is 15.4 Å². The van der Waals surface area contributed by atoms with Crippen molar-refractivity contribution < 1.29 is 80.8 Å². The molecule has 1 rings (SSSR count). The Hall–Kier alpha value is 0.741. The Bertz CT molecular complexity index is 647. The predicted molar refractivity (Wildman–Crippen MR) is 72.7 cm³/mol. The molecule has 21 heavy (non-hydrogen) atoms. The van der Waals surface area contributed by atoms with Gasteiger partial charge in [-0.2, -0.15) is 21.0 Å². The van der Waals surface area contributed by atoms with Gasteiger partial charge >= 0.3 is 68.9 Å². The van der Waals surface area contributed by atoms with Gasteiger partial charge in [-0.05, 0) is 37.5 Å². The normalized spacial score (nSPS) is 12.0. The Morgan fingerprint density at radius 2 is 1.57 bits per heavy atom. The first-order valence-corrected chi connectivity index (χ1v) is 7.41. The molecule has 0 radical (unpaired) electrons. The van der Waals surface area contributed by atoms with Gasteiger partial charge in [-0.3, -0.25) is 0 Å². The van der Waals surface area contributed by atoms with Crippen molar-refractivity contribution in [2.24, 2.45) is 0 Å². The molecule has 11 heteroatoms. The van der Waals surface area contributed by atoms with E-state index in [0.717, 1.165) is 6.92 Å². The first-order chi connectivity index (χ1) is 8.90. The third-order valence-electron chi connectivity index (χ3n) is 3.06. The van der Waals surface area contributed by atoms with Crippen molar-refractivity contribution in [3.8, 4) is 5.75 Å². The van der Waals surface area contributed by atoms with Gasteiger partial charge in [0, 0.05) is 5.75 Å². The molecule has 0 unspecified atom stereocenters. The smallest absolute Gasteiger partial charge is 0.445 e. The predicted octanol–water partition coefficient (Wildman–Crippen LogP) is -0.307. The standard InChI is InChI=1S/C10H12BF4O3S2.K/c1-5-8(4-19)6(2)10(18-20(15,16)17)7(3)9(5)11(12,13)14;/h19H,4H2,1-3H3;/q-1;+1. The molecule has 0 spiro atoms. The Labute approximate surface area is 169 Å². The molecule has 1 aromatic rings. The van der Waals surface area contributed by atoms with Crippen molar-refractivity contribution in [2.75, 3.05) is 0 Å². The molecular formula is C10H12BF4KO3S2. The van der Waals surface area contributed by atoms with Crippen LogP contribution in [0.4, 0.5) is 16.8 Å². The summed E-state index contributed by atoms with van der Waals surface area (Å²) < 4.78 is 77.2. The molecule has 0 aromatic heterocycles. The zero-order valence-electron chi connectivity index (χ0n) is 11.9. The van der Waals surface area contributed by atoms with Gasteiger partial charge in [0.15, 0.2) is 0 Å². The number of hydrogen-bond donors (Lipinski definition) is 1. The first-order valence-electron chi connectivity index (χ1n) is 5.47. The van der Waals surface area contributed by atoms with Gasteiger partial charge in [-0.1, -0.05) is 14.9 Å². The second-order valence-corrected chi connectivity index (χ2v) is 5.57. The molecule has 1 aromatic carbocycles. The number of hydrogen-bond acceptors (Lipinski definition) is 4. The van der Waals surface area contributed by atoms with E-state index in [1.165, 1.54) is 13.8 Å². The molecule has 0 aliphatic carbocycles. The van der Waals surface area contributed by atoms with Gasteiger partial charge in [0.25, 0.3) is 0 Å². The van der Waals surface area contributed by atoms with Gasteiger partial charge in [-0.25, -0.2) is 0 Å². The Morgan fingerprint density at radius 1 is 1.10 bits per heavy atom. The van der Waals surface area contributed by atoms with Gasteiger partial charge in [-0.15, -0.1) is 0 Å². The quantitative estimate of drug-likeness (QED) is 0.343. The second kappa shape index (κ2) is 7.54. The molecular weight excluding hydrogens is 358 g/mol. The number of benzene rings is 1. The van der Waals surface area contributed by atoms with E-state index in [2.05, 4.69) is 16.8 Å². The number of rotatable bonds is 4. The van der Waals surface area contributed by atoms with Crippen molar-refractivity contribution in [1.29, 1.82) is 0 Å². The third kappa shape index (κ3) is 5.11. The fourth-order valence-corrected chi connectivity index (χ4v) is 3.14. The molecule has 0 aliphatic heterocycles. The topological polar surface area (TPSA) is 43.4 Å². The largest absolute Gasteiger partial charge is 1.00 e. The minimum atomic E-state index is -5.41. The monoisotopic (exact) mass is 370 g/mol. The summed E-state index contributed by atoms with van der Waals surface area (Å²) in [6.45, 7) is -1.72. The van der Waals surface area contributed by atoms with Crippen LogP contribution in [0.15, 0.2) is 0 Å². The number of halogens is 4. The van der Waals surface area contributed by atoms with E-state index in [0.29, 0.717) is 0 Å². The number of thiol groups is 1. The first kappa shape index (κ1) is 21.7. The fraction of sp³-hybridized carbons (Fsp3) is 0.400. The minimum absolute atomic E-state index is 0. The van der Waals surface area contributed by atoms with E-state index in [9.17, 15) is 25.3 Å². The SMILES string of the molecule is Cc1c(CS)c(C)c([B-](F)(F)F)c(C)c1OS(=O)(=O)F.[K+]. The van der Waals surface area contributed by atoms with Crippen LogP contribution in [0.1, 0.15) is 22.3 Å². The van der Waals surface area contributed by atoms with E-state index >= 15 is 0 Å². The maximum atomic E-state index is 13.1. The zero-order valence-corrected chi connectivity index (χ0v) is 16.7. The molecule has 0 bridgehead atoms. The minimum Gasteiger partial charge on any atom is -0.445 e. The summed E-state index contributed by atoms with van der Waals surface area (Å²) in [4.78, 5) is 0. The Morgan fingerprint density at radius 3 is 1.90 bits per heavy atom. The molecule has 0 amide bonds. The summed E-state index contributed by atoms with van der Waals surface area (Å²) in [6.07, 6.45) is 0. The maximum Gasteiger partial charge on any atom is 1.00 e. The van der Waals surface area contributed by atoms with Gasteiger partial charge in [0.1, 0.15) is 5.75 Å². The van der Waals surface area contributed by atoms with Crippen LogP contribution in [0.2, 0.25) is 0 Å². The van der Waals surface area contributed by atoms with Crippen molar-refractivity contribution in [3.05, 3.63) is 22.3 Å². The van der Waals surface area contributed by atoms with Crippen LogP contribution in [0, 0.1) is 20.8 Å².